The zero-order valence-corrected chi connectivity index (χ0v) is 12.1. The van der Waals surface area contributed by atoms with Gasteiger partial charge in [0.15, 0.2) is 0 Å². The fourth-order valence-corrected chi connectivity index (χ4v) is 2.49. The normalized spacial score (nSPS) is 22.9. The van der Waals surface area contributed by atoms with Gasteiger partial charge in [0.25, 0.3) is 0 Å². The van der Waals surface area contributed by atoms with E-state index >= 15 is 0 Å². The Morgan fingerprint density at radius 1 is 1.30 bits per heavy atom. The predicted octanol–water partition coefficient (Wildman–Crippen LogP) is 3.63. The molecular weight excluding hydrogens is 250 g/mol. The molecule has 108 valence electrons. The van der Waals surface area contributed by atoms with Crippen molar-refractivity contribution < 1.29 is 9.47 Å². The molecule has 20 heavy (non-hydrogen) atoms. The highest BCUT2D eigenvalue weighted by molar-refractivity contribution is 5.79. The van der Waals surface area contributed by atoms with Crippen LogP contribution in [0.2, 0.25) is 0 Å². The molecule has 3 heteroatoms. The summed E-state index contributed by atoms with van der Waals surface area (Å²) in [6, 6.07) is 8.34. The molecule has 2 atom stereocenters. The van der Waals surface area contributed by atoms with Crippen LogP contribution in [0.1, 0.15) is 31.2 Å². The summed E-state index contributed by atoms with van der Waals surface area (Å²) in [6.45, 7) is 4.33. The molecule has 0 aliphatic heterocycles. The standard InChI is InChI=1S/C17H23NO2/c1-3-11-20-17-6-4-5-15(12-17)18-13-14-7-9-16(19-2)10-8-14/h3,7-10,13,15,17H,1,4-6,11-12H2,2H3/b18-13+. The number of benzene rings is 1. The van der Waals surface area contributed by atoms with Crippen LogP contribution >= 0.6 is 0 Å². The van der Waals surface area contributed by atoms with E-state index in [0.717, 1.165) is 30.6 Å². The van der Waals surface area contributed by atoms with Gasteiger partial charge in [0.2, 0.25) is 0 Å². The van der Waals surface area contributed by atoms with E-state index in [1.54, 1.807) is 7.11 Å². The van der Waals surface area contributed by atoms with E-state index < -0.39 is 0 Å². The summed E-state index contributed by atoms with van der Waals surface area (Å²) in [6.07, 6.45) is 8.60. The van der Waals surface area contributed by atoms with Crippen molar-refractivity contribution in [2.45, 2.75) is 37.8 Å². The second-order valence-electron chi connectivity index (χ2n) is 5.12. The predicted molar refractivity (Wildman–Crippen MR) is 82.8 cm³/mol. The van der Waals surface area contributed by atoms with Crippen molar-refractivity contribution in [3.63, 3.8) is 0 Å². The maximum absolute atomic E-state index is 5.74. The molecule has 0 radical (unpaired) electrons. The summed E-state index contributed by atoms with van der Waals surface area (Å²) >= 11 is 0. The third-order valence-corrected chi connectivity index (χ3v) is 3.60. The number of methoxy groups -OCH3 is 1. The molecule has 2 unspecified atom stereocenters. The first-order chi connectivity index (χ1) is 9.81. The van der Waals surface area contributed by atoms with Crippen molar-refractivity contribution in [3.05, 3.63) is 42.5 Å². The summed E-state index contributed by atoms with van der Waals surface area (Å²) in [4.78, 5) is 4.70. The molecule has 0 N–H and O–H groups in total. The summed E-state index contributed by atoms with van der Waals surface area (Å²) in [5, 5.41) is 0. The van der Waals surface area contributed by atoms with Crippen molar-refractivity contribution in [2.75, 3.05) is 13.7 Å². The van der Waals surface area contributed by atoms with E-state index in [0.29, 0.717) is 18.8 Å². The van der Waals surface area contributed by atoms with Gasteiger partial charge in [0, 0.05) is 6.21 Å². The summed E-state index contributed by atoms with van der Waals surface area (Å²) in [5.41, 5.74) is 1.11. The number of ether oxygens (including phenoxy) is 2. The van der Waals surface area contributed by atoms with Gasteiger partial charge >= 0.3 is 0 Å². The lowest BCUT2D eigenvalue weighted by atomic mass is 9.93. The molecule has 3 nitrogen and oxygen atoms in total. The molecule has 1 aliphatic rings. The highest BCUT2D eigenvalue weighted by Crippen LogP contribution is 2.23. The minimum atomic E-state index is 0.333. The van der Waals surface area contributed by atoms with E-state index in [9.17, 15) is 0 Å². The van der Waals surface area contributed by atoms with Gasteiger partial charge in [-0.05, 0) is 55.5 Å². The Balaban J connectivity index is 1.87. The van der Waals surface area contributed by atoms with Crippen LogP contribution in [-0.2, 0) is 4.74 Å². The van der Waals surface area contributed by atoms with Gasteiger partial charge in [-0.2, -0.15) is 0 Å². The monoisotopic (exact) mass is 273 g/mol. The first-order valence-corrected chi connectivity index (χ1v) is 7.21. The third-order valence-electron chi connectivity index (χ3n) is 3.60. The average Bonchev–Trinajstić information content (AvgIpc) is 2.52. The van der Waals surface area contributed by atoms with E-state index in [2.05, 4.69) is 6.58 Å². The van der Waals surface area contributed by atoms with Crippen molar-refractivity contribution in [3.8, 4) is 5.75 Å². The molecule has 0 amide bonds. The largest absolute Gasteiger partial charge is 0.497 e. The molecule has 0 saturated heterocycles. The molecule has 0 heterocycles. The minimum Gasteiger partial charge on any atom is -0.497 e. The van der Waals surface area contributed by atoms with Crippen LogP contribution in [0.3, 0.4) is 0 Å². The Hall–Kier alpha value is -1.61. The average molecular weight is 273 g/mol. The second-order valence-corrected chi connectivity index (χ2v) is 5.12. The number of nitrogens with zero attached hydrogens (tertiary/aromatic N) is 1. The number of hydrogen-bond acceptors (Lipinski definition) is 3. The zero-order valence-electron chi connectivity index (χ0n) is 12.1. The fraction of sp³-hybridized carbons (Fsp3) is 0.471. The van der Waals surface area contributed by atoms with Crippen molar-refractivity contribution in [2.24, 2.45) is 4.99 Å². The fourth-order valence-electron chi connectivity index (χ4n) is 2.49. The Morgan fingerprint density at radius 2 is 2.10 bits per heavy atom. The molecular formula is C17H23NO2. The zero-order chi connectivity index (χ0) is 14.2. The van der Waals surface area contributed by atoms with Crippen LogP contribution in [-0.4, -0.2) is 32.1 Å². The Bertz CT molecular complexity index is 439. The quantitative estimate of drug-likeness (QED) is 0.585. The molecule has 1 aromatic rings. The molecule has 1 saturated carbocycles. The van der Waals surface area contributed by atoms with Gasteiger partial charge in [-0.1, -0.05) is 6.08 Å². The van der Waals surface area contributed by atoms with E-state index in [1.807, 2.05) is 36.6 Å². The van der Waals surface area contributed by atoms with Crippen molar-refractivity contribution >= 4 is 6.21 Å². The van der Waals surface area contributed by atoms with Crippen molar-refractivity contribution in [1.29, 1.82) is 0 Å². The van der Waals surface area contributed by atoms with Gasteiger partial charge in [-0.15, -0.1) is 6.58 Å². The smallest absolute Gasteiger partial charge is 0.118 e. The van der Waals surface area contributed by atoms with Gasteiger partial charge < -0.3 is 9.47 Å². The SMILES string of the molecule is C=CCOC1CCCC(/N=C/c2ccc(OC)cc2)C1. The molecule has 0 bridgehead atoms. The van der Waals surface area contributed by atoms with Crippen molar-refractivity contribution in [1.82, 2.24) is 0 Å². The minimum absolute atomic E-state index is 0.333. The van der Waals surface area contributed by atoms with Crippen LogP contribution in [0, 0.1) is 0 Å². The number of aliphatic imine (C=N–C) groups is 1. The molecule has 2 rings (SSSR count). The Labute approximate surface area is 121 Å². The van der Waals surface area contributed by atoms with E-state index in [4.69, 9.17) is 14.5 Å². The second kappa shape index (κ2) is 7.85. The lowest BCUT2D eigenvalue weighted by Gasteiger charge is -2.26. The molecule has 0 aromatic heterocycles. The van der Waals surface area contributed by atoms with Gasteiger partial charge in [0.1, 0.15) is 5.75 Å². The number of hydrogen-bond donors (Lipinski definition) is 0. The van der Waals surface area contributed by atoms with E-state index in [1.165, 1.54) is 6.42 Å². The van der Waals surface area contributed by atoms with Gasteiger partial charge in [0.05, 0.1) is 25.9 Å². The molecule has 0 spiro atoms. The Kier molecular flexibility index (Phi) is 5.81. The highest BCUT2D eigenvalue weighted by atomic mass is 16.5. The maximum atomic E-state index is 5.74. The molecule has 1 aliphatic carbocycles. The summed E-state index contributed by atoms with van der Waals surface area (Å²) in [7, 11) is 1.68. The van der Waals surface area contributed by atoms with E-state index in [-0.39, 0.29) is 0 Å². The molecule has 1 aromatic carbocycles. The molecule has 1 fully saturated rings. The van der Waals surface area contributed by atoms with Crippen LogP contribution < -0.4 is 4.74 Å². The van der Waals surface area contributed by atoms with Crippen LogP contribution in [0.15, 0.2) is 41.9 Å². The maximum Gasteiger partial charge on any atom is 0.118 e. The Morgan fingerprint density at radius 3 is 2.80 bits per heavy atom. The number of rotatable bonds is 6. The first-order valence-electron chi connectivity index (χ1n) is 7.21. The highest BCUT2D eigenvalue weighted by Gasteiger charge is 2.21. The summed E-state index contributed by atoms with van der Waals surface area (Å²) < 4.78 is 10.9. The lowest BCUT2D eigenvalue weighted by Crippen LogP contribution is -2.25. The van der Waals surface area contributed by atoms with Gasteiger partial charge in [-0.25, -0.2) is 0 Å². The van der Waals surface area contributed by atoms with Gasteiger partial charge in [-0.3, -0.25) is 4.99 Å². The van der Waals surface area contributed by atoms with Crippen LogP contribution in [0.4, 0.5) is 0 Å². The first kappa shape index (κ1) is 14.8. The third kappa shape index (κ3) is 4.49. The summed E-state index contributed by atoms with van der Waals surface area (Å²) in [5.74, 6) is 0.873. The van der Waals surface area contributed by atoms with Crippen LogP contribution in [0.5, 0.6) is 5.75 Å². The topological polar surface area (TPSA) is 30.8 Å². The van der Waals surface area contributed by atoms with Crippen LogP contribution in [0.25, 0.3) is 0 Å². The lowest BCUT2D eigenvalue weighted by molar-refractivity contribution is 0.0414.